The summed E-state index contributed by atoms with van der Waals surface area (Å²) in [5, 5.41) is 3.47. The van der Waals surface area contributed by atoms with E-state index in [4.69, 9.17) is 0 Å². The Morgan fingerprint density at radius 2 is 1.41 bits per heavy atom. The molecule has 5 aromatic rings. The van der Waals surface area contributed by atoms with Gasteiger partial charge in [0.15, 0.2) is 0 Å². The highest BCUT2D eigenvalue weighted by Crippen LogP contribution is 2.43. The number of amides is 2. The predicted molar refractivity (Wildman–Crippen MR) is 109 cm³/mol. The van der Waals surface area contributed by atoms with E-state index in [2.05, 4.69) is 25.9 Å². The summed E-state index contributed by atoms with van der Waals surface area (Å²) in [5.41, 5.74) is 4.55. The molecule has 0 saturated heterocycles. The number of benzene rings is 3. The summed E-state index contributed by atoms with van der Waals surface area (Å²) in [5.74, 6) is -0.510. The number of rotatable bonds is 0. The number of halogens is 1. The van der Waals surface area contributed by atoms with Crippen LogP contribution in [0.5, 0.6) is 0 Å². The van der Waals surface area contributed by atoms with Crippen molar-refractivity contribution < 1.29 is 9.59 Å². The molecule has 0 fully saturated rings. The van der Waals surface area contributed by atoms with Gasteiger partial charge in [0.25, 0.3) is 11.8 Å². The molecule has 0 spiro atoms. The topological polar surface area (TPSA) is 69.0 Å². The highest BCUT2D eigenvalue weighted by atomic mass is 79.9. The van der Waals surface area contributed by atoms with E-state index in [1.807, 2.05) is 42.5 Å². The molecule has 0 bridgehead atoms. The van der Waals surface area contributed by atoms with Gasteiger partial charge in [0.05, 0.1) is 22.2 Å². The van der Waals surface area contributed by atoms with E-state index in [-0.39, 0.29) is 11.8 Å². The van der Waals surface area contributed by atoms with Crippen LogP contribution in [0.25, 0.3) is 43.6 Å². The number of carbonyl (C=O) groups excluding carboxylic acids is 2. The van der Waals surface area contributed by atoms with Crippen molar-refractivity contribution >= 4 is 71.4 Å². The van der Waals surface area contributed by atoms with Crippen LogP contribution in [0, 0.1) is 0 Å². The summed E-state index contributed by atoms with van der Waals surface area (Å²) in [6, 6.07) is 13.8. The number of para-hydroxylation sites is 1. The van der Waals surface area contributed by atoms with Crippen molar-refractivity contribution in [1.82, 2.24) is 14.9 Å². The number of imide groups is 1. The van der Waals surface area contributed by atoms with E-state index >= 15 is 0 Å². The third kappa shape index (κ3) is 1.69. The molecule has 3 aromatic carbocycles. The first-order valence-corrected chi connectivity index (χ1v) is 9.35. The van der Waals surface area contributed by atoms with Gasteiger partial charge in [-0.3, -0.25) is 14.5 Å². The molecule has 2 aromatic heterocycles. The Morgan fingerprint density at radius 1 is 0.815 bits per heavy atom. The Balaban J connectivity index is 2.00. The van der Waals surface area contributed by atoms with Gasteiger partial charge in [-0.2, -0.15) is 0 Å². The fourth-order valence-electron chi connectivity index (χ4n) is 4.31. The average Bonchev–Trinajstić information content (AvgIpc) is 3.29. The van der Waals surface area contributed by atoms with Gasteiger partial charge in [0, 0.05) is 44.1 Å². The molecule has 0 radical (unpaired) electrons. The number of nitrogens with one attached hydrogen (secondary N) is 2. The largest absolute Gasteiger partial charge is 0.353 e. The number of H-pyrrole nitrogens is 2. The molecular formula is C21H12BrN3O2. The minimum Gasteiger partial charge on any atom is -0.353 e. The molecular weight excluding hydrogens is 406 g/mol. The monoisotopic (exact) mass is 417 g/mol. The second-order valence-corrected chi connectivity index (χ2v) is 7.82. The molecule has 2 N–H and O–H groups in total. The first-order chi connectivity index (χ1) is 13.1. The molecule has 6 rings (SSSR count). The van der Waals surface area contributed by atoms with Crippen LogP contribution in [0.1, 0.15) is 20.7 Å². The molecule has 1 aliphatic heterocycles. The van der Waals surface area contributed by atoms with Gasteiger partial charge in [0.2, 0.25) is 0 Å². The molecule has 3 heterocycles. The highest BCUT2D eigenvalue weighted by Gasteiger charge is 2.38. The number of aromatic nitrogens is 2. The molecule has 130 valence electrons. The summed E-state index contributed by atoms with van der Waals surface area (Å²) in [6.07, 6.45) is 0. The molecule has 0 aliphatic carbocycles. The molecule has 27 heavy (non-hydrogen) atoms. The maximum absolute atomic E-state index is 13.0. The number of hydrogen-bond acceptors (Lipinski definition) is 2. The number of fused-ring (bicyclic) bond motifs is 10. The van der Waals surface area contributed by atoms with Gasteiger partial charge in [-0.15, -0.1) is 0 Å². The Labute approximate surface area is 161 Å². The van der Waals surface area contributed by atoms with Gasteiger partial charge < -0.3 is 9.97 Å². The fraction of sp³-hybridized carbons (Fsp3) is 0.0476. The SMILES string of the molecule is CN1C(=O)c2c(c3c4cc(Br)ccc4[nH]c3c3[nH]c4ccccc4c23)C1=O. The van der Waals surface area contributed by atoms with Crippen LogP contribution in [0.15, 0.2) is 46.9 Å². The van der Waals surface area contributed by atoms with Crippen LogP contribution in [0.4, 0.5) is 0 Å². The number of hydrogen-bond donors (Lipinski definition) is 2. The summed E-state index contributed by atoms with van der Waals surface area (Å²) in [4.78, 5) is 34.1. The fourth-order valence-corrected chi connectivity index (χ4v) is 4.67. The van der Waals surface area contributed by atoms with Crippen LogP contribution in [-0.2, 0) is 0 Å². The van der Waals surface area contributed by atoms with Crippen LogP contribution < -0.4 is 0 Å². The first-order valence-electron chi connectivity index (χ1n) is 8.56. The molecule has 0 unspecified atom stereocenters. The molecule has 6 heteroatoms. The van der Waals surface area contributed by atoms with Gasteiger partial charge in [-0.25, -0.2) is 0 Å². The summed E-state index contributed by atoms with van der Waals surface area (Å²) < 4.78 is 0.923. The minimum atomic E-state index is -0.256. The van der Waals surface area contributed by atoms with Crippen molar-refractivity contribution in [3.8, 4) is 0 Å². The lowest BCUT2D eigenvalue weighted by Gasteiger charge is -2.03. The maximum atomic E-state index is 13.0. The van der Waals surface area contributed by atoms with E-state index in [0.29, 0.717) is 11.1 Å². The summed E-state index contributed by atoms with van der Waals surface area (Å²) in [6.45, 7) is 0. The summed E-state index contributed by atoms with van der Waals surface area (Å²) in [7, 11) is 1.54. The first kappa shape index (κ1) is 15.0. The lowest BCUT2D eigenvalue weighted by atomic mass is 9.97. The standard InChI is InChI=1S/C21H12BrN3O2/c1-25-20(26)16-14-10-4-2-3-5-12(10)23-18(14)19-15(17(16)21(25)27)11-8-9(22)6-7-13(11)24-19/h2-8,23-24H,1H3. The van der Waals surface area contributed by atoms with Gasteiger partial charge in [0.1, 0.15) is 0 Å². The quantitative estimate of drug-likeness (QED) is 0.350. The molecule has 5 nitrogen and oxygen atoms in total. The zero-order chi connectivity index (χ0) is 18.4. The van der Waals surface area contributed by atoms with Crippen LogP contribution >= 0.6 is 15.9 Å². The number of aromatic amines is 2. The van der Waals surface area contributed by atoms with Gasteiger partial charge >= 0.3 is 0 Å². The van der Waals surface area contributed by atoms with E-state index in [1.54, 1.807) is 7.05 Å². The zero-order valence-corrected chi connectivity index (χ0v) is 15.8. The van der Waals surface area contributed by atoms with Crippen LogP contribution in [0.2, 0.25) is 0 Å². The normalized spacial score (nSPS) is 14.4. The Hall–Kier alpha value is -3.12. The van der Waals surface area contributed by atoms with Gasteiger partial charge in [-0.1, -0.05) is 34.1 Å². The predicted octanol–water partition coefficient (Wildman–Crippen LogP) is 4.94. The lowest BCUT2D eigenvalue weighted by Crippen LogP contribution is -2.24. The lowest BCUT2D eigenvalue weighted by molar-refractivity contribution is 0.0694. The smallest absolute Gasteiger partial charge is 0.262 e. The minimum absolute atomic E-state index is 0.254. The second-order valence-electron chi connectivity index (χ2n) is 6.90. The second kappa shape index (κ2) is 4.78. The van der Waals surface area contributed by atoms with Crippen molar-refractivity contribution in [2.75, 3.05) is 7.05 Å². The van der Waals surface area contributed by atoms with Crippen LogP contribution in [0.3, 0.4) is 0 Å². The third-order valence-corrected chi connectivity index (χ3v) is 6.00. The van der Waals surface area contributed by atoms with Crippen molar-refractivity contribution in [3.05, 3.63) is 58.1 Å². The Bertz CT molecular complexity index is 1490. The van der Waals surface area contributed by atoms with Gasteiger partial charge in [-0.05, 0) is 24.3 Å². The van der Waals surface area contributed by atoms with Crippen molar-refractivity contribution in [3.63, 3.8) is 0 Å². The molecule has 0 atom stereocenters. The Kier molecular flexibility index (Phi) is 2.65. The van der Waals surface area contributed by atoms with Crippen LogP contribution in [-0.4, -0.2) is 33.7 Å². The molecule has 1 aliphatic rings. The number of nitrogens with zero attached hydrogens (tertiary/aromatic N) is 1. The number of carbonyl (C=O) groups is 2. The summed E-state index contributed by atoms with van der Waals surface area (Å²) >= 11 is 3.52. The van der Waals surface area contributed by atoms with E-state index in [9.17, 15) is 9.59 Å². The van der Waals surface area contributed by atoms with E-state index < -0.39 is 0 Å². The average molecular weight is 418 g/mol. The van der Waals surface area contributed by atoms with E-state index in [0.717, 1.165) is 48.1 Å². The van der Waals surface area contributed by atoms with Crippen molar-refractivity contribution in [2.45, 2.75) is 0 Å². The van der Waals surface area contributed by atoms with Crippen molar-refractivity contribution in [1.29, 1.82) is 0 Å². The maximum Gasteiger partial charge on any atom is 0.262 e. The van der Waals surface area contributed by atoms with Crippen molar-refractivity contribution in [2.24, 2.45) is 0 Å². The third-order valence-electron chi connectivity index (χ3n) is 5.50. The Morgan fingerprint density at radius 3 is 2.11 bits per heavy atom. The molecule has 2 amide bonds. The van der Waals surface area contributed by atoms with E-state index in [1.165, 1.54) is 4.90 Å². The zero-order valence-electron chi connectivity index (χ0n) is 14.2. The highest BCUT2D eigenvalue weighted by molar-refractivity contribution is 9.10. The molecule has 0 saturated carbocycles.